The molecule has 15 heteroatoms. The molecule has 4 amide bonds. The second-order valence-corrected chi connectivity index (χ2v) is 15.2. The van der Waals surface area contributed by atoms with Gasteiger partial charge in [-0.1, -0.05) is 54.1 Å². The van der Waals surface area contributed by atoms with Crippen LogP contribution in [0.5, 0.6) is 5.75 Å². The van der Waals surface area contributed by atoms with Gasteiger partial charge in [0.25, 0.3) is 11.8 Å². The summed E-state index contributed by atoms with van der Waals surface area (Å²) in [6, 6.07) is 18.3. The third-order valence-corrected chi connectivity index (χ3v) is 12.6. The smallest absolute Gasteiger partial charge is 0.258 e. The molecule has 0 spiro atoms. The molecule has 6 atom stereocenters. The van der Waals surface area contributed by atoms with E-state index in [-0.39, 0.29) is 45.2 Å². The molecule has 0 bridgehead atoms. The Morgan fingerprint density at radius 2 is 1.35 bits per heavy atom. The SMILES string of the molecule is Cc1cc(C2C3=CCC4C(=O)N(c5ccc(C(=O)c6ccccc6)cc5)C(=O)C4C3CC3(Cl)C(=O)N(c4c(F)c(F)c(F)c(F)c4F)C(=O)C23Cl)ccc1O. The summed E-state index contributed by atoms with van der Waals surface area (Å²) in [5.74, 6) is -22.1. The van der Waals surface area contributed by atoms with Crippen LogP contribution in [-0.4, -0.2) is 44.3 Å². The molecule has 8 rings (SSSR count). The molecule has 4 aromatic carbocycles. The summed E-state index contributed by atoms with van der Waals surface area (Å²) >= 11 is 14.3. The summed E-state index contributed by atoms with van der Waals surface area (Å²) in [6.07, 6.45) is 0.863. The maximum absolute atomic E-state index is 15.3. The van der Waals surface area contributed by atoms with E-state index < -0.39 is 98.2 Å². The van der Waals surface area contributed by atoms with Crippen LogP contribution in [-0.2, 0) is 19.2 Å². The van der Waals surface area contributed by atoms with Crippen LogP contribution in [0, 0.1) is 53.8 Å². The topological polar surface area (TPSA) is 112 Å². The van der Waals surface area contributed by atoms with E-state index in [1.54, 1.807) is 36.4 Å². The fourth-order valence-electron chi connectivity index (χ4n) is 8.57. The number of aromatic hydroxyl groups is 1. The first-order valence-electron chi connectivity index (χ1n) is 16.9. The number of phenolic OH excluding ortho intramolecular Hbond substituents is 1. The number of ketones is 1. The number of hydrogen-bond donors (Lipinski definition) is 1. The number of benzene rings is 4. The van der Waals surface area contributed by atoms with Crippen LogP contribution in [0.2, 0.25) is 0 Å². The van der Waals surface area contributed by atoms with Crippen molar-refractivity contribution < 1.29 is 51.0 Å². The zero-order valence-corrected chi connectivity index (χ0v) is 29.8. The summed E-state index contributed by atoms with van der Waals surface area (Å²) < 4.78 is 73.6. The number of anilines is 2. The van der Waals surface area contributed by atoms with Gasteiger partial charge in [-0.25, -0.2) is 26.9 Å². The van der Waals surface area contributed by atoms with Gasteiger partial charge in [0.15, 0.2) is 38.8 Å². The van der Waals surface area contributed by atoms with E-state index in [1.165, 1.54) is 49.4 Å². The highest BCUT2D eigenvalue weighted by atomic mass is 35.5. The maximum atomic E-state index is 15.3. The Morgan fingerprint density at radius 3 is 1.96 bits per heavy atom. The molecule has 55 heavy (non-hydrogen) atoms. The summed E-state index contributed by atoms with van der Waals surface area (Å²) in [5.41, 5.74) is -0.303. The normalized spacial score (nSPS) is 27.2. The van der Waals surface area contributed by atoms with E-state index >= 15 is 8.78 Å². The Morgan fingerprint density at radius 1 is 0.745 bits per heavy atom. The first kappa shape index (κ1) is 36.6. The highest BCUT2D eigenvalue weighted by Gasteiger charge is 2.77. The van der Waals surface area contributed by atoms with Gasteiger partial charge in [0.2, 0.25) is 17.6 Å². The van der Waals surface area contributed by atoms with Crippen LogP contribution >= 0.6 is 23.2 Å². The molecular weight excluding hydrogens is 770 g/mol. The number of nitrogens with zero attached hydrogens (tertiary/aromatic N) is 2. The van der Waals surface area contributed by atoms with Crippen molar-refractivity contribution in [3.05, 3.63) is 136 Å². The minimum atomic E-state index is -2.68. The average molecular weight is 796 g/mol. The molecule has 0 radical (unpaired) electrons. The Kier molecular flexibility index (Phi) is 8.36. The van der Waals surface area contributed by atoms with Crippen LogP contribution in [0.15, 0.2) is 84.4 Å². The van der Waals surface area contributed by atoms with Gasteiger partial charge in [-0.05, 0) is 67.1 Å². The summed E-state index contributed by atoms with van der Waals surface area (Å²) in [6.45, 7) is 1.51. The lowest BCUT2D eigenvalue weighted by molar-refractivity contribution is -0.125. The molecule has 2 saturated heterocycles. The van der Waals surface area contributed by atoms with Gasteiger partial charge in [0.05, 0.1) is 17.5 Å². The molecule has 0 aromatic heterocycles. The number of alkyl halides is 2. The Balaban J connectivity index is 1.23. The van der Waals surface area contributed by atoms with Crippen LogP contribution in [0.1, 0.15) is 45.8 Å². The molecule has 4 aromatic rings. The third kappa shape index (κ3) is 4.91. The highest BCUT2D eigenvalue weighted by Crippen LogP contribution is 2.66. The predicted molar refractivity (Wildman–Crippen MR) is 188 cm³/mol. The molecule has 4 aliphatic rings. The number of halogens is 7. The van der Waals surface area contributed by atoms with Crippen molar-refractivity contribution in [2.24, 2.45) is 17.8 Å². The van der Waals surface area contributed by atoms with Gasteiger partial charge < -0.3 is 5.11 Å². The van der Waals surface area contributed by atoms with Gasteiger partial charge in [-0.2, -0.15) is 0 Å². The number of carbonyl (C=O) groups excluding carboxylic acids is 5. The molecule has 1 N–H and O–H groups in total. The summed E-state index contributed by atoms with van der Waals surface area (Å²) in [7, 11) is 0. The van der Waals surface area contributed by atoms with Gasteiger partial charge in [-0.3, -0.25) is 28.9 Å². The molecule has 2 aliphatic heterocycles. The fourth-order valence-corrected chi connectivity index (χ4v) is 9.51. The number of carbonyl (C=O) groups is 5. The van der Waals surface area contributed by atoms with E-state index in [4.69, 9.17) is 23.2 Å². The van der Waals surface area contributed by atoms with E-state index in [2.05, 4.69) is 0 Å². The van der Waals surface area contributed by atoms with Crippen molar-refractivity contribution in [2.45, 2.75) is 35.4 Å². The number of allylic oxidation sites excluding steroid dienone is 2. The number of phenols is 1. The lowest BCUT2D eigenvalue weighted by Gasteiger charge is -2.50. The number of hydrogen-bond acceptors (Lipinski definition) is 6. The first-order valence-corrected chi connectivity index (χ1v) is 17.7. The molecule has 280 valence electrons. The third-order valence-electron chi connectivity index (χ3n) is 11.2. The van der Waals surface area contributed by atoms with Crippen molar-refractivity contribution in [1.82, 2.24) is 0 Å². The average Bonchev–Trinajstić information content (AvgIpc) is 3.52. The molecule has 6 unspecified atom stereocenters. The Hall–Kier alpha value is -5.40. The van der Waals surface area contributed by atoms with Gasteiger partial charge >= 0.3 is 0 Å². The standard InChI is InChI=1S/C40H25Cl2F5N2O6/c1-17-15-20(9-14-25(17)50)27-22-12-13-23-26(36(53)48(35(23)52)21-10-7-19(8-11-21)34(51)18-5-3-2-4-6-18)24(22)16-39(41)37(54)49(38(55)40(27,39)42)33-31(46)29(44)28(43)30(45)32(33)47/h2-12,14-15,23-24,26-27,50H,13,16H2,1H3. The highest BCUT2D eigenvalue weighted by molar-refractivity contribution is 6.58. The molecule has 3 fully saturated rings. The van der Waals surface area contributed by atoms with Crippen molar-refractivity contribution in [1.29, 1.82) is 0 Å². The van der Waals surface area contributed by atoms with Crippen molar-refractivity contribution >= 4 is 64.0 Å². The van der Waals surface area contributed by atoms with E-state index in [0.717, 1.165) is 4.90 Å². The predicted octanol–water partition coefficient (Wildman–Crippen LogP) is 7.40. The van der Waals surface area contributed by atoms with E-state index in [1.807, 2.05) is 0 Å². The monoisotopic (exact) mass is 794 g/mol. The number of aryl methyl sites for hydroxylation is 1. The van der Waals surface area contributed by atoms with Crippen molar-refractivity contribution in [2.75, 3.05) is 9.80 Å². The molecule has 2 heterocycles. The fraction of sp³-hybridized carbons (Fsp3) is 0.225. The lowest BCUT2D eigenvalue weighted by atomic mass is 9.56. The minimum Gasteiger partial charge on any atom is -0.508 e. The number of rotatable bonds is 5. The quantitative estimate of drug-likeness (QED) is 0.0429. The van der Waals surface area contributed by atoms with E-state index in [9.17, 15) is 42.3 Å². The second-order valence-electron chi connectivity index (χ2n) is 14.0. The minimum absolute atomic E-state index is 0.0541. The number of fused-ring (bicyclic) bond motifs is 4. The molecule has 1 saturated carbocycles. The van der Waals surface area contributed by atoms with Crippen LogP contribution in [0.3, 0.4) is 0 Å². The Labute approximate surface area is 318 Å². The van der Waals surface area contributed by atoms with Gasteiger partial charge in [0.1, 0.15) is 11.4 Å². The van der Waals surface area contributed by atoms with Gasteiger partial charge in [0, 0.05) is 17.0 Å². The van der Waals surface area contributed by atoms with E-state index in [0.29, 0.717) is 11.1 Å². The lowest BCUT2D eigenvalue weighted by Crippen LogP contribution is -2.60. The van der Waals surface area contributed by atoms with Gasteiger partial charge in [-0.15, -0.1) is 23.2 Å². The maximum Gasteiger partial charge on any atom is 0.258 e. The van der Waals surface area contributed by atoms with Crippen LogP contribution in [0.4, 0.5) is 33.3 Å². The molecular formula is C40H25Cl2F5N2O6. The zero-order chi connectivity index (χ0) is 39.5. The van der Waals surface area contributed by atoms with Crippen LogP contribution < -0.4 is 9.80 Å². The van der Waals surface area contributed by atoms with Crippen molar-refractivity contribution in [3.8, 4) is 5.75 Å². The summed E-state index contributed by atoms with van der Waals surface area (Å²) in [4.78, 5) is 65.6. The van der Waals surface area contributed by atoms with Crippen LogP contribution in [0.25, 0.3) is 0 Å². The number of imide groups is 2. The second kappa shape index (κ2) is 12.6. The zero-order valence-electron chi connectivity index (χ0n) is 28.3. The summed E-state index contributed by atoms with van der Waals surface area (Å²) in [5, 5.41) is 10.3. The molecule has 8 nitrogen and oxygen atoms in total. The Bertz CT molecular complexity index is 2420. The largest absolute Gasteiger partial charge is 0.508 e. The number of amides is 4. The molecule has 2 aliphatic carbocycles. The first-order chi connectivity index (χ1) is 26.0. The van der Waals surface area contributed by atoms with Crippen molar-refractivity contribution in [3.63, 3.8) is 0 Å².